The number of hydrogen-bond donors (Lipinski definition) is 0. The maximum absolute atomic E-state index is 11.9. The van der Waals surface area contributed by atoms with Crippen molar-refractivity contribution in [2.24, 2.45) is 0 Å². The fourth-order valence-electron chi connectivity index (χ4n) is 1.83. The van der Waals surface area contributed by atoms with Crippen LogP contribution in [0.5, 0.6) is 0 Å². The van der Waals surface area contributed by atoms with Gasteiger partial charge in [-0.3, -0.25) is 4.79 Å². The fraction of sp³-hybridized carbons (Fsp3) is 0.364. The van der Waals surface area contributed by atoms with Gasteiger partial charge in [0.15, 0.2) is 0 Å². The average Bonchev–Trinajstić information content (AvgIpc) is 2.30. The molecule has 70 valence electrons. The summed E-state index contributed by atoms with van der Waals surface area (Å²) in [6.45, 7) is 0.827. The molecule has 1 aliphatic heterocycles. The van der Waals surface area contributed by atoms with Crippen molar-refractivity contribution in [1.82, 2.24) is 4.90 Å². The summed E-state index contributed by atoms with van der Waals surface area (Å²) in [6.07, 6.45) is 1.99. The minimum absolute atomic E-state index is 0.0878. The Bertz CT molecular complexity index is 376. The molecule has 2 radical (unpaired) electrons. The van der Waals surface area contributed by atoms with Gasteiger partial charge in [0.1, 0.15) is 7.85 Å². The third-order valence-corrected chi connectivity index (χ3v) is 2.65. The zero-order valence-electron chi connectivity index (χ0n) is 8.29. The SMILES string of the molecule is [B]c1ccc2c(c1)C(=O)N(C)CCC2. The minimum atomic E-state index is 0.0878. The molecule has 0 spiro atoms. The second-order valence-corrected chi connectivity index (χ2v) is 3.75. The van der Waals surface area contributed by atoms with E-state index in [9.17, 15) is 4.79 Å². The normalized spacial score (nSPS) is 16.4. The topological polar surface area (TPSA) is 20.3 Å². The standard InChI is InChI=1S/C11H12BNO/c1-13-6-2-3-8-4-5-9(12)7-10(8)11(13)14/h4-5,7H,2-3,6H2,1H3. The lowest BCUT2D eigenvalue weighted by molar-refractivity contribution is 0.0800. The molecule has 2 nitrogen and oxygen atoms in total. The Kier molecular flexibility index (Phi) is 2.32. The predicted molar refractivity (Wildman–Crippen MR) is 57.1 cm³/mol. The van der Waals surface area contributed by atoms with E-state index >= 15 is 0 Å². The zero-order chi connectivity index (χ0) is 10.1. The Morgan fingerprint density at radius 1 is 1.43 bits per heavy atom. The van der Waals surface area contributed by atoms with Crippen molar-refractivity contribution >= 4 is 19.2 Å². The van der Waals surface area contributed by atoms with Crippen LogP contribution in [0.1, 0.15) is 22.3 Å². The highest BCUT2D eigenvalue weighted by molar-refractivity contribution is 6.32. The molecular formula is C11H12BNO. The van der Waals surface area contributed by atoms with Crippen LogP contribution in [0.25, 0.3) is 0 Å². The van der Waals surface area contributed by atoms with Crippen LogP contribution < -0.4 is 5.46 Å². The zero-order valence-corrected chi connectivity index (χ0v) is 8.29. The van der Waals surface area contributed by atoms with Gasteiger partial charge < -0.3 is 4.90 Å². The lowest BCUT2D eigenvalue weighted by Gasteiger charge is -2.14. The number of hydrogen-bond acceptors (Lipinski definition) is 1. The van der Waals surface area contributed by atoms with Gasteiger partial charge in [0.05, 0.1) is 0 Å². The summed E-state index contributed by atoms with van der Waals surface area (Å²) in [4.78, 5) is 13.6. The summed E-state index contributed by atoms with van der Waals surface area (Å²) in [5, 5.41) is 0. The first-order chi connectivity index (χ1) is 6.68. The largest absolute Gasteiger partial charge is 0.342 e. The van der Waals surface area contributed by atoms with Crippen molar-refractivity contribution in [1.29, 1.82) is 0 Å². The second-order valence-electron chi connectivity index (χ2n) is 3.75. The molecule has 1 aliphatic rings. The minimum Gasteiger partial charge on any atom is -0.342 e. The maximum Gasteiger partial charge on any atom is 0.253 e. The molecule has 1 amide bonds. The van der Waals surface area contributed by atoms with E-state index in [1.54, 1.807) is 11.0 Å². The van der Waals surface area contributed by atoms with Gasteiger partial charge in [-0.15, -0.1) is 0 Å². The van der Waals surface area contributed by atoms with Crippen molar-refractivity contribution in [3.63, 3.8) is 0 Å². The number of amides is 1. The van der Waals surface area contributed by atoms with Crippen molar-refractivity contribution in [2.45, 2.75) is 12.8 Å². The van der Waals surface area contributed by atoms with Crippen LogP contribution in [-0.4, -0.2) is 32.2 Å². The summed E-state index contributed by atoms with van der Waals surface area (Å²) in [7, 11) is 7.50. The second kappa shape index (κ2) is 3.48. The number of aryl methyl sites for hydroxylation is 1. The highest BCUT2D eigenvalue weighted by Crippen LogP contribution is 2.16. The summed E-state index contributed by atoms with van der Waals surface area (Å²) in [6, 6.07) is 5.60. The van der Waals surface area contributed by atoms with Crippen LogP contribution >= 0.6 is 0 Å². The molecule has 0 unspecified atom stereocenters. The number of rotatable bonds is 0. The van der Waals surface area contributed by atoms with Gasteiger partial charge in [-0.2, -0.15) is 0 Å². The fourth-order valence-corrected chi connectivity index (χ4v) is 1.83. The average molecular weight is 185 g/mol. The van der Waals surface area contributed by atoms with Gasteiger partial charge in [-0.1, -0.05) is 23.7 Å². The smallest absolute Gasteiger partial charge is 0.253 e. The Morgan fingerprint density at radius 2 is 2.21 bits per heavy atom. The van der Waals surface area contributed by atoms with E-state index in [-0.39, 0.29) is 5.91 Å². The maximum atomic E-state index is 11.9. The highest BCUT2D eigenvalue weighted by atomic mass is 16.2. The van der Waals surface area contributed by atoms with Gasteiger partial charge in [-0.05, 0) is 18.4 Å². The quantitative estimate of drug-likeness (QED) is 0.539. The number of fused-ring (bicyclic) bond motifs is 1. The number of nitrogens with zero attached hydrogens (tertiary/aromatic N) is 1. The molecule has 0 bridgehead atoms. The van der Waals surface area contributed by atoms with Crippen LogP contribution in [0.15, 0.2) is 18.2 Å². The first-order valence-electron chi connectivity index (χ1n) is 4.82. The molecule has 0 aromatic heterocycles. The molecule has 0 fully saturated rings. The van der Waals surface area contributed by atoms with Gasteiger partial charge >= 0.3 is 0 Å². The van der Waals surface area contributed by atoms with Crippen LogP contribution in [0.2, 0.25) is 0 Å². The van der Waals surface area contributed by atoms with E-state index in [4.69, 9.17) is 7.85 Å². The van der Waals surface area contributed by atoms with E-state index in [1.807, 2.05) is 19.2 Å². The molecule has 1 heterocycles. The van der Waals surface area contributed by atoms with Gasteiger partial charge in [0, 0.05) is 19.2 Å². The molecule has 0 atom stereocenters. The highest BCUT2D eigenvalue weighted by Gasteiger charge is 2.18. The van der Waals surface area contributed by atoms with E-state index < -0.39 is 0 Å². The van der Waals surface area contributed by atoms with Crippen molar-refractivity contribution in [3.8, 4) is 0 Å². The Morgan fingerprint density at radius 3 is 3.00 bits per heavy atom. The van der Waals surface area contributed by atoms with E-state index in [1.165, 1.54) is 0 Å². The number of carbonyl (C=O) groups excluding carboxylic acids is 1. The Labute approximate surface area is 85.3 Å². The molecular weight excluding hydrogens is 173 g/mol. The molecule has 2 rings (SSSR count). The summed E-state index contributed by atoms with van der Waals surface area (Å²) < 4.78 is 0. The van der Waals surface area contributed by atoms with E-state index in [0.29, 0.717) is 5.46 Å². The molecule has 0 aliphatic carbocycles. The Hall–Kier alpha value is -1.25. The molecule has 3 heteroatoms. The lowest BCUT2D eigenvalue weighted by atomic mass is 9.91. The molecule has 1 aromatic carbocycles. The van der Waals surface area contributed by atoms with Crippen molar-refractivity contribution < 1.29 is 4.79 Å². The molecule has 0 N–H and O–H groups in total. The Balaban J connectivity index is 2.50. The third-order valence-electron chi connectivity index (χ3n) is 2.65. The van der Waals surface area contributed by atoms with Crippen LogP contribution in [0.3, 0.4) is 0 Å². The monoisotopic (exact) mass is 185 g/mol. The summed E-state index contributed by atoms with van der Waals surface area (Å²) >= 11 is 0. The van der Waals surface area contributed by atoms with Crippen LogP contribution in [-0.2, 0) is 6.42 Å². The lowest BCUT2D eigenvalue weighted by Crippen LogP contribution is -2.27. The number of carbonyl (C=O) groups is 1. The number of benzene rings is 1. The summed E-state index contributed by atoms with van der Waals surface area (Å²) in [5.74, 6) is 0.0878. The summed E-state index contributed by atoms with van der Waals surface area (Å²) in [5.41, 5.74) is 2.55. The van der Waals surface area contributed by atoms with Gasteiger partial charge in [-0.25, -0.2) is 0 Å². The predicted octanol–water partition coefficient (Wildman–Crippen LogP) is 0.499. The van der Waals surface area contributed by atoms with E-state index in [2.05, 4.69) is 0 Å². The van der Waals surface area contributed by atoms with Crippen molar-refractivity contribution in [3.05, 3.63) is 29.3 Å². The molecule has 0 saturated heterocycles. The molecule has 14 heavy (non-hydrogen) atoms. The van der Waals surface area contributed by atoms with Crippen LogP contribution in [0.4, 0.5) is 0 Å². The van der Waals surface area contributed by atoms with Crippen molar-refractivity contribution in [2.75, 3.05) is 13.6 Å². The first-order valence-corrected chi connectivity index (χ1v) is 4.82. The first kappa shape index (κ1) is 9.32. The van der Waals surface area contributed by atoms with E-state index in [0.717, 1.165) is 30.5 Å². The van der Waals surface area contributed by atoms with Gasteiger partial charge in [0.2, 0.25) is 0 Å². The third kappa shape index (κ3) is 1.54. The van der Waals surface area contributed by atoms with Crippen LogP contribution in [0, 0.1) is 0 Å². The molecule has 1 aromatic rings. The van der Waals surface area contributed by atoms with Gasteiger partial charge in [0.25, 0.3) is 5.91 Å². The molecule has 0 saturated carbocycles.